The molecular weight excluding hydrogens is 390 g/mol. The van der Waals surface area contributed by atoms with Crippen LogP contribution in [0.1, 0.15) is 52.9 Å². The van der Waals surface area contributed by atoms with E-state index in [1.54, 1.807) is 6.92 Å². The Morgan fingerprint density at radius 2 is 1.61 bits per heavy atom. The number of aromatic hydroxyl groups is 1. The van der Waals surface area contributed by atoms with Gasteiger partial charge < -0.3 is 15.2 Å². The van der Waals surface area contributed by atoms with Gasteiger partial charge in [0.05, 0.1) is 12.6 Å². The lowest BCUT2D eigenvalue weighted by atomic mass is 9.97. The number of phenols is 1. The van der Waals surface area contributed by atoms with Crippen LogP contribution in [0.15, 0.2) is 72.8 Å². The van der Waals surface area contributed by atoms with Crippen molar-refractivity contribution in [1.29, 1.82) is 0 Å². The number of nitrogens with one attached hydrogen (secondary N) is 1. The zero-order valence-electron chi connectivity index (χ0n) is 17.8. The molecule has 0 aliphatic carbocycles. The predicted octanol–water partition coefficient (Wildman–Crippen LogP) is 4.97. The Balaban J connectivity index is 1.68. The van der Waals surface area contributed by atoms with Gasteiger partial charge in [0.1, 0.15) is 0 Å². The van der Waals surface area contributed by atoms with Crippen molar-refractivity contribution in [3.8, 4) is 11.5 Å². The average molecular weight is 418 g/mol. The number of ether oxygens (including phenoxy) is 1. The van der Waals surface area contributed by atoms with Crippen LogP contribution in [0.2, 0.25) is 0 Å². The maximum Gasteiger partial charge on any atom is 0.221 e. The second-order valence-electron chi connectivity index (χ2n) is 7.36. The minimum absolute atomic E-state index is 0.0139. The molecule has 0 spiro atoms. The topological polar surface area (TPSA) is 75.6 Å². The van der Waals surface area contributed by atoms with Crippen LogP contribution < -0.4 is 10.1 Å². The van der Waals surface area contributed by atoms with Crippen LogP contribution in [0.25, 0.3) is 0 Å². The molecule has 1 unspecified atom stereocenters. The Hall–Kier alpha value is -3.60. The minimum atomic E-state index is -0.289. The quantitative estimate of drug-likeness (QED) is 0.482. The molecule has 0 heterocycles. The first-order valence-electron chi connectivity index (χ1n) is 10.4. The molecule has 0 aliphatic rings. The Morgan fingerprint density at radius 1 is 0.935 bits per heavy atom. The number of ketones is 1. The van der Waals surface area contributed by atoms with Gasteiger partial charge >= 0.3 is 0 Å². The van der Waals surface area contributed by atoms with Crippen molar-refractivity contribution in [3.63, 3.8) is 0 Å². The SMILES string of the molecule is CCOc1cc(C(=O)CCC(=O)NC(c2ccccc2)c2ccc(C)cc2)ccc1O. The van der Waals surface area contributed by atoms with E-state index in [-0.39, 0.29) is 42.1 Å². The molecule has 1 amide bonds. The molecule has 0 bridgehead atoms. The lowest BCUT2D eigenvalue weighted by Crippen LogP contribution is -2.29. The summed E-state index contributed by atoms with van der Waals surface area (Å²) in [6.45, 7) is 4.20. The normalized spacial score (nSPS) is 11.5. The Labute approximate surface area is 182 Å². The number of hydrogen-bond donors (Lipinski definition) is 2. The molecule has 3 aromatic carbocycles. The van der Waals surface area contributed by atoms with Crippen molar-refractivity contribution < 1.29 is 19.4 Å². The van der Waals surface area contributed by atoms with Crippen LogP contribution in [0.4, 0.5) is 0 Å². The van der Waals surface area contributed by atoms with E-state index in [1.165, 1.54) is 18.2 Å². The monoisotopic (exact) mass is 417 g/mol. The van der Waals surface area contributed by atoms with Crippen LogP contribution >= 0.6 is 0 Å². The van der Waals surface area contributed by atoms with E-state index >= 15 is 0 Å². The minimum Gasteiger partial charge on any atom is -0.504 e. The highest BCUT2D eigenvalue weighted by Crippen LogP contribution is 2.27. The van der Waals surface area contributed by atoms with E-state index in [0.29, 0.717) is 12.2 Å². The van der Waals surface area contributed by atoms with Crippen LogP contribution in [-0.2, 0) is 4.79 Å². The number of phenolic OH excluding ortho intramolecular Hbond substituents is 1. The molecule has 31 heavy (non-hydrogen) atoms. The number of aryl methyl sites for hydroxylation is 1. The fourth-order valence-electron chi connectivity index (χ4n) is 3.33. The predicted molar refractivity (Wildman–Crippen MR) is 120 cm³/mol. The third-order valence-electron chi connectivity index (χ3n) is 5.01. The summed E-state index contributed by atoms with van der Waals surface area (Å²) in [6, 6.07) is 22.0. The fourth-order valence-corrected chi connectivity index (χ4v) is 3.33. The van der Waals surface area contributed by atoms with Gasteiger partial charge in [-0.2, -0.15) is 0 Å². The first-order valence-corrected chi connectivity index (χ1v) is 10.4. The van der Waals surface area contributed by atoms with Crippen LogP contribution in [0, 0.1) is 6.92 Å². The van der Waals surface area contributed by atoms with E-state index in [1.807, 2.05) is 61.5 Å². The first-order chi connectivity index (χ1) is 15.0. The third-order valence-corrected chi connectivity index (χ3v) is 5.01. The largest absolute Gasteiger partial charge is 0.504 e. The van der Waals surface area contributed by atoms with Crippen molar-refractivity contribution in [2.45, 2.75) is 32.7 Å². The molecule has 5 nitrogen and oxygen atoms in total. The summed E-state index contributed by atoms with van der Waals surface area (Å²) in [6.07, 6.45) is 0.135. The Morgan fingerprint density at radius 3 is 2.29 bits per heavy atom. The smallest absolute Gasteiger partial charge is 0.221 e. The molecule has 2 N–H and O–H groups in total. The number of hydrogen-bond acceptors (Lipinski definition) is 4. The summed E-state index contributed by atoms with van der Waals surface area (Å²) in [5, 5.41) is 12.9. The summed E-state index contributed by atoms with van der Waals surface area (Å²) in [5.74, 6) is -0.129. The summed E-state index contributed by atoms with van der Waals surface area (Å²) in [7, 11) is 0. The van der Waals surface area contributed by atoms with Crippen molar-refractivity contribution in [2.75, 3.05) is 6.61 Å². The number of rotatable bonds is 9. The summed E-state index contributed by atoms with van der Waals surface area (Å²) in [5.41, 5.74) is 3.52. The van der Waals surface area contributed by atoms with Gasteiger partial charge in [-0.3, -0.25) is 9.59 Å². The molecule has 0 saturated carbocycles. The molecule has 1 atom stereocenters. The highest BCUT2D eigenvalue weighted by molar-refractivity contribution is 5.98. The van der Waals surface area contributed by atoms with E-state index in [4.69, 9.17) is 4.74 Å². The van der Waals surface area contributed by atoms with Gasteiger partial charge in [-0.15, -0.1) is 0 Å². The third kappa shape index (κ3) is 5.95. The van der Waals surface area contributed by atoms with Crippen molar-refractivity contribution in [1.82, 2.24) is 5.32 Å². The number of Topliss-reactive ketones (excluding diaryl/α,β-unsaturated/α-hetero) is 1. The average Bonchev–Trinajstić information content (AvgIpc) is 2.79. The lowest BCUT2D eigenvalue weighted by Gasteiger charge is -2.20. The van der Waals surface area contributed by atoms with E-state index < -0.39 is 0 Å². The Bertz CT molecular complexity index is 1030. The molecule has 0 aromatic heterocycles. The van der Waals surface area contributed by atoms with E-state index in [9.17, 15) is 14.7 Å². The molecule has 0 fully saturated rings. The zero-order chi connectivity index (χ0) is 22.2. The molecular formula is C26H27NO4. The van der Waals surface area contributed by atoms with Gasteiger partial charge in [0.2, 0.25) is 5.91 Å². The lowest BCUT2D eigenvalue weighted by molar-refractivity contribution is -0.121. The fraction of sp³-hybridized carbons (Fsp3) is 0.231. The van der Waals surface area contributed by atoms with E-state index in [2.05, 4.69) is 5.32 Å². The van der Waals surface area contributed by atoms with Crippen molar-refractivity contribution in [3.05, 3.63) is 95.1 Å². The number of carbonyl (C=O) groups is 2. The summed E-state index contributed by atoms with van der Waals surface area (Å²) >= 11 is 0. The summed E-state index contributed by atoms with van der Waals surface area (Å²) < 4.78 is 5.33. The molecule has 160 valence electrons. The van der Waals surface area contributed by atoms with E-state index in [0.717, 1.165) is 16.7 Å². The van der Waals surface area contributed by atoms with Gasteiger partial charge in [0, 0.05) is 18.4 Å². The van der Waals surface area contributed by atoms with Gasteiger partial charge in [-0.25, -0.2) is 0 Å². The highest BCUT2D eigenvalue weighted by Gasteiger charge is 2.18. The summed E-state index contributed by atoms with van der Waals surface area (Å²) in [4.78, 5) is 25.3. The number of amides is 1. The van der Waals surface area contributed by atoms with Gasteiger partial charge in [-0.1, -0.05) is 60.2 Å². The number of benzene rings is 3. The van der Waals surface area contributed by atoms with Gasteiger partial charge in [0.25, 0.3) is 0 Å². The molecule has 3 rings (SSSR count). The van der Waals surface area contributed by atoms with Crippen LogP contribution in [-0.4, -0.2) is 23.4 Å². The number of carbonyl (C=O) groups excluding carboxylic acids is 2. The molecule has 3 aromatic rings. The second-order valence-corrected chi connectivity index (χ2v) is 7.36. The molecule has 0 aliphatic heterocycles. The maximum atomic E-state index is 12.7. The van der Waals surface area contributed by atoms with Crippen LogP contribution in [0.5, 0.6) is 11.5 Å². The first kappa shape index (κ1) is 22.1. The highest BCUT2D eigenvalue weighted by atomic mass is 16.5. The van der Waals surface area contributed by atoms with Crippen LogP contribution in [0.3, 0.4) is 0 Å². The zero-order valence-corrected chi connectivity index (χ0v) is 17.8. The Kier molecular flexibility index (Phi) is 7.44. The molecule has 5 heteroatoms. The molecule has 0 radical (unpaired) electrons. The van der Waals surface area contributed by atoms with Crippen molar-refractivity contribution >= 4 is 11.7 Å². The molecule has 0 saturated heterocycles. The van der Waals surface area contributed by atoms with Crippen molar-refractivity contribution in [2.24, 2.45) is 0 Å². The standard InChI is InChI=1S/C26H27NO4/c1-3-31-24-17-21(13-14-23(24)29)22(28)15-16-25(30)27-26(19-7-5-4-6-8-19)20-11-9-18(2)10-12-20/h4-14,17,26,29H,3,15-16H2,1-2H3,(H,27,30). The maximum absolute atomic E-state index is 12.7. The van der Waals surface area contributed by atoms with Gasteiger partial charge in [-0.05, 0) is 43.2 Å². The van der Waals surface area contributed by atoms with Gasteiger partial charge in [0.15, 0.2) is 17.3 Å². The second kappa shape index (κ2) is 10.4.